The first-order valence-corrected chi connectivity index (χ1v) is 5.84. The van der Waals surface area contributed by atoms with Crippen LogP contribution in [0, 0.1) is 5.82 Å². The Labute approximate surface area is 102 Å². The number of carbonyl (C=O) groups is 1. The first-order valence-electron chi connectivity index (χ1n) is 5.84. The summed E-state index contributed by atoms with van der Waals surface area (Å²) in [6.07, 6.45) is 0.914. The number of carbonyl (C=O) groups excluding carboxylic acids is 1. The first kappa shape index (κ1) is 13.7. The Morgan fingerprint density at radius 1 is 1.41 bits per heavy atom. The van der Waals surface area contributed by atoms with Crippen LogP contribution in [0.4, 0.5) is 10.1 Å². The third-order valence-corrected chi connectivity index (χ3v) is 3.48. The van der Waals surface area contributed by atoms with Crippen LogP contribution in [0.15, 0.2) is 18.2 Å². The van der Waals surface area contributed by atoms with Gasteiger partial charge in [-0.2, -0.15) is 0 Å². The van der Waals surface area contributed by atoms with Gasteiger partial charge < -0.3 is 4.90 Å². The molecule has 0 saturated heterocycles. The fourth-order valence-electron chi connectivity index (χ4n) is 1.70. The van der Waals surface area contributed by atoms with Gasteiger partial charge in [0.15, 0.2) is 5.78 Å². The molecule has 0 spiro atoms. The van der Waals surface area contributed by atoms with E-state index in [9.17, 15) is 9.18 Å². The van der Waals surface area contributed by atoms with E-state index in [2.05, 4.69) is 20.8 Å². The Morgan fingerprint density at radius 3 is 2.47 bits per heavy atom. The summed E-state index contributed by atoms with van der Waals surface area (Å²) in [4.78, 5) is 13.5. The van der Waals surface area contributed by atoms with Crippen molar-refractivity contribution >= 4 is 11.5 Å². The molecular formula is C14H20FNO. The summed E-state index contributed by atoms with van der Waals surface area (Å²) in [5.41, 5.74) is 0.721. The Hall–Kier alpha value is -1.38. The van der Waals surface area contributed by atoms with Gasteiger partial charge in [-0.3, -0.25) is 4.79 Å². The number of halogens is 1. The van der Waals surface area contributed by atoms with Crippen LogP contribution in [0.2, 0.25) is 0 Å². The van der Waals surface area contributed by atoms with Crippen molar-refractivity contribution in [3.05, 3.63) is 29.6 Å². The minimum atomic E-state index is -0.450. The minimum absolute atomic E-state index is 0.113. The van der Waals surface area contributed by atoms with Crippen molar-refractivity contribution in [2.24, 2.45) is 0 Å². The number of rotatable bonds is 4. The quantitative estimate of drug-likeness (QED) is 0.745. The molecule has 0 bridgehead atoms. The van der Waals surface area contributed by atoms with E-state index in [1.165, 1.54) is 13.0 Å². The Morgan fingerprint density at radius 2 is 2.00 bits per heavy atom. The lowest BCUT2D eigenvalue weighted by molar-refractivity contribution is 0.101. The number of ketones is 1. The maximum atomic E-state index is 13.7. The standard InChI is InChI=1S/C14H20FNO/c1-6-14(3,4)16(5)12-9-7-8-11(15)13(12)10(2)17/h7-9H,6H2,1-5H3. The Kier molecular flexibility index (Phi) is 3.91. The second kappa shape index (κ2) is 4.86. The molecule has 94 valence electrons. The van der Waals surface area contributed by atoms with Gasteiger partial charge in [0.25, 0.3) is 0 Å². The van der Waals surface area contributed by atoms with Gasteiger partial charge in [0.05, 0.1) is 11.3 Å². The lowest BCUT2D eigenvalue weighted by atomic mass is 9.97. The summed E-state index contributed by atoms with van der Waals surface area (Å²) >= 11 is 0. The van der Waals surface area contributed by atoms with E-state index >= 15 is 0 Å². The lowest BCUT2D eigenvalue weighted by Crippen LogP contribution is -2.41. The Bertz CT molecular complexity index is 426. The van der Waals surface area contributed by atoms with Gasteiger partial charge in [-0.15, -0.1) is 0 Å². The summed E-state index contributed by atoms with van der Waals surface area (Å²) in [5.74, 6) is -0.689. The molecule has 0 heterocycles. The van der Waals surface area contributed by atoms with Crippen LogP contribution in [0.5, 0.6) is 0 Å². The number of anilines is 1. The van der Waals surface area contributed by atoms with E-state index in [0.29, 0.717) is 5.69 Å². The van der Waals surface area contributed by atoms with Crippen molar-refractivity contribution in [1.29, 1.82) is 0 Å². The summed E-state index contributed by atoms with van der Waals surface area (Å²) in [5, 5.41) is 0. The lowest BCUT2D eigenvalue weighted by Gasteiger charge is -2.37. The molecule has 3 heteroatoms. The van der Waals surface area contributed by atoms with E-state index in [1.807, 2.05) is 11.9 Å². The van der Waals surface area contributed by atoms with Crippen LogP contribution in [0.1, 0.15) is 44.5 Å². The normalized spacial score (nSPS) is 11.4. The van der Waals surface area contributed by atoms with Crippen LogP contribution >= 0.6 is 0 Å². The van der Waals surface area contributed by atoms with Crippen molar-refractivity contribution in [2.45, 2.75) is 39.7 Å². The highest BCUT2D eigenvalue weighted by atomic mass is 19.1. The summed E-state index contributed by atoms with van der Waals surface area (Å²) in [6, 6.07) is 4.75. The van der Waals surface area contributed by atoms with E-state index in [4.69, 9.17) is 0 Å². The van der Waals surface area contributed by atoms with E-state index in [0.717, 1.165) is 6.42 Å². The topological polar surface area (TPSA) is 20.3 Å². The van der Waals surface area contributed by atoms with Gasteiger partial charge in [-0.05, 0) is 39.3 Å². The van der Waals surface area contributed by atoms with Gasteiger partial charge in [-0.1, -0.05) is 13.0 Å². The second-order valence-electron chi connectivity index (χ2n) is 4.92. The molecule has 0 radical (unpaired) electrons. The fourth-order valence-corrected chi connectivity index (χ4v) is 1.70. The molecular weight excluding hydrogens is 217 g/mol. The predicted molar refractivity (Wildman–Crippen MR) is 69.2 cm³/mol. The predicted octanol–water partition coefficient (Wildman–Crippen LogP) is 3.65. The van der Waals surface area contributed by atoms with Crippen LogP contribution in [-0.2, 0) is 0 Å². The average molecular weight is 237 g/mol. The zero-order valence-electron chi connectivity index (χ0n) is 11.2. The van der Waals surface area contributed by atoms with Crippen LogP contribution in [-0.4, -0.2) is 18.4 Å². The van der Waals surface area contributed by atoms with Gasteiger partial charge in [-0.25, -0.2) is 4.39 Å². The molecule has 0 amide bonds. The summed E-state index contributed by atoms with van der Waals surface area (Å²) < 4.78 is 13.7. The highest BCUT2D eigenvalue weighted by Gasteiger charge is 2.25. The van der Waals surface area contributed by atoms with E-state index in [-0.39, 0.29) is 16.9 Å². The number of hydrogen-bond donors (Lipinski definition) is 0. The zero-order valence-corrected chi connectivity index (χ0v) is 11.2. The van der Waals surface area contributed by atoms with Crippen molar-refractivity contribution in [2.75, 3.05) is 11.9 Å². The van der Waals surface area contributed by atoms with Gasteiger partial charge in [0.2, 0.25) is 0 Å². The molecule has 1 aromatic rings. The maximum Gasteiger partial charge on any atom is 0.164 e. The summed E-state index contributed by atoms with van der Waals surface area (Å²) in [6.45, 7) is 7.61. The average Bonchev–Trinajstić information content (AvgIpc) is 2.27. The van der Waals surface area contributed by atoms with Gasteiger partial charge in [0, 0.05) is 12.6 Å². The molecule has 0 aliphatic heterocycles. The highest BCUT2D eigenvalue weighted by Crippen LogP contribution is 2.29. The molecule has 1 aromatic carbocycles. The smallest absolute Gasteiger partial charge is 0.164 e. The van der Waals surface area contributed by atoms with Crippen LogP contribution < -0.4 is 4.90 Å². The second-order valence-corrected chi connectivity index (χ2v) is 4.92. The highest BCUT2D eigenvalue weighted by molar-refractivity contribution is 6.00. The van der Waals surface area contributed by atoms with Crippen molar-refractivity contribution in [1.82, 2.24) is 0 Å². The molecule has 0 atom stereocenters. The number of nitrogens with zero attached hydrogens (tertiary/aromatic N) is 1. The monoisotopic (exact) mass is 237 g/mol. The number of Topliss-reactive ketones (excluding diaryl/α,β-unsaturated/α-hetero) is 1. The van der Waals surface area contributed by atoms with Crippen LogP contribution in [0.25, 0.3) is 0 Å². The van der Waals surface area contributed by atoms with Crippen molar-refractivity contribution in [3.8, 4) is 0 Å². The van der Waals surface area contributed by atoms with Gasteiger partial charge >= 0.3 is 0 Å². The molecule has 0 fully saturated rings. The molecule has 0 aliphatic rings. The largest absolute Gasteiger partial charge is 0.369 e. The molecule has 0 aliphatic carbocycles. The Balaban J connectivity index is 3.32. The third kappa shape index (κ3) is 2.65. The summed E-state index contributed by atoms with van der Waals surface area (Å²) in [7, 11) is 1.89. The van der Waals surface area contributed by atoms with Crippen LogP contribution in [0.3, 0.4) is 0 Å². The molecule has 0 saturated carbocycles. The number of benzene rings is 1. The number of hydrogen-bond acceptors (Lipinski definition) is 2. The molecule has 0 aromatic heterocycles. The fraction of sp³-hybridized carbons (Fsp3) is 0.500. The third-order valence-electron chi connectivity index (χ3n) is 3.48. The molecule has 0 N–H and O–H groups in total. The van der Waals surface area contributed by atoms with Gasteiger partial charge in [0.1, 0.15) is 5.82 Å². The SMILES string of the molecule is CCC(C)(C)N(C)c1cccc(F)c1C(C)=O. The molecule has 0 unspecified atom stereocenters. The molecule has 1 rings (SSSR count). The minimum Gasteiger partial charge on any atom is -0.369 e. The van der Waals surface area contributed by atoms with Crippen molar-refractivity contribution < 1.29 is 9.18 Å². The molecule has 2 nitrogen and oxygen atoms in total. The first-order chi connectivity index (χ1) is 7.81. The van der Waals surface area contributed by atoms with E-state index < -0.39 is 5.82 Å². The zero-order chi connectivity index (χ0) is 13.2. The maximum absolute atomic E-state index is 13.7. The molecule has 17 heavy (non-hydrogen) atoms. The van der Waals surface area contributed by atoms with Crippen molar-refractivity contribution in [3.63, 3.8) is 0 Å². The van der Waals surface area contributed by atoms with E-state index in [1.54, 1.807) is 12.1 Å².